The molecule has 0 fully saturated rings. The summed E-state index contributed by atoms with van der Waals surface area (Å²) in [4.78, 5) is 16.4. The van der Waals surface area contributed by atoms with Crippen LogP contribution in [0, 0.1) is 0 Å². The number of hydrogen-bond acceptors (Lipinski definition) is 5. The molecule has 0 aliphatic heterocycles. The fourth-order valence-electron chi connectivity index (χ4n) is 1.85. The number of carbonyl (C=O) groups excluding carboxylic acids is 1. The van der Waals surface area contributed by atoms with Gasteiger partial charge >= 0.3 is 0 Å². The molecule has 3 rings (SSSR count). The van der Waals surface area contributed by atoms with E-state index in [9.17, 15) is 4.79 Å². The van der Waals surface area contributed by atoms with Crippen LogP contribution < -0.4 is 5.32 Å². The van der Waals surface area contributed by atoms with Crippen LogP contribution in [0.4, 0.5) is 5.69 Å². The second-order valence-corrected chi connectivity index (χ2v) is 5.79. The minimum Gasteiger partial charge on any atom is -0.440 e. The largest absolute Gasteiger partial charge is 0.440 e. The van der Waals surface area contributed by atoms with E-state index in [1.807, 2.05) is 20.8 Å². The number of rotatable bonds is 2. The number of nitrogens with zero attached hydrogens (tertiary/aromatic N) is 2. The van der Waals surface area contributed by atoms with Crippen molar-refractivity contribution in [3.63, 3.8) is 0 Å². The van der Waals surface area contributed by atoms with E-state index in [1.54, 1.807) is 18.2 Å². The molecule has 2 heterocycles. The molecule has 0 unspecified atom stereocenters. The summed E-state index contributed by atoms with van der Waals surface area (Å²) < 4.78 is 10.4. The van der Waals surface area contributed by atoms with Gasteiger partial charge in [0.05, 0.1) is 0 Å². The normalized spacial score (nSPS) is 11.8. The first-order valence-electron chi connectivity index (χ1n) is 6.56. The molecule has 0 saturated carbocycles. The fraction of sp³-hybridized carbons (Fsp3) is 0.267. The third-order valence-corrected chi connectivity index (χ3v) is 2.96. The number of hydrogen-bond donors (Lipinski definition) is 1. The molecule has 0 atom stereocenters. The third kappa shape index (κ3) is 2.65. The first-order valence-corrected chi connectivity index (χ1v) is 6.56. The lowest BCUT2D eigenvalue weighted by Gasteiger charge is -2.11. The molecule has 108 valence electrons. The minimum atomic E-state index is -0.331. The van der Waals surface area contributed by atoms with Gasteiger partial charge in [0.25, 0.3) is 5.91 Å². The van der Waals surface area contributed by atoms with Gasteiger partial charge in [-0.25, -0.2) is 4.98 Å². The Morgan fingerprint density at radius 2 is 2.05 bits per heavy atom. The molecular formula is C15H15N3O3. The van der Waals surface area contributed by atoms with Crippen molar-refractivity contribution in [2.45, 2.75) is 26.2 Å². The van der Waals surface area contributed by atoms with Crippen LogP contribution in [0.1, 0.15) is 37.2 Å². The summed E-state index contributed by atoms with van der Waals surface area (Å²) in [5.74, 6) is 0.333. The molecule has 0 saturated heterocycles. The molecule has 0 radical (unpaired) electrons. The third-order valence-electron chi connectivity index (χ3n) is 2.96. The predicted octanol–water partition coefficient (Wildman–Crippen LogP) is 3.37. The summed E-state index contributed by atoms with van der Waals surface area (Å²) in [6.45, 7) is 6.10. The first kappa shape index (κ1) is 13.4. The van der Waals surface area contributed by atoms with Crippen molar-refractivity contribution in [1.82, 2.24) is 10.1 Å². The number of amides is 1. The van der Waals surface area contributed by atoms with Crippen LogP contribution in [0.15, 0.2) is 39.5 Å². The van der Waals surface area contributed by atoms with E-state index in [4.69, 9.17) is 4.42 Å². The Morgan fingerprint density at radius 1 is 1.24 bits per heavy atom. The summed E-state index contributed by atoms with van der Waals surface area (Å²) in [5.41, 5.74) is 2.09. The van der Waals surface area contributed by atoms with Gasteiger partial charge in [0, 0.05) is 17.2 Å². The highest BCUT2D eigenvalue weighted by molar-refractivity contribution is 6.03. The Labute approximate surface area is 121 Å². The van der Waals surface area contributed by atoms with Crippen LogP contribution >= 0.6 is 0 Å². The van der Waals surface area contributed by atoms with E-state index >= 15 is 0 Å². The van der Waals surface area contributed by atoms with Gasteiger partial charge in [0.15, 0.2) is 11.3 Å². The monoisotopic (exact) mass is 285 g/mol. The van der Waals surface area contributed by atoms with Crippen LogP contribution in [-0.4, -0.2) is 16.0 Å². The minimum absolute atomic E-state index is 0.164. The molecule has 6 nitrogen and oxygen atoms in total. The average molecular weight is 285 g/mol. The maximum Gasteiger partial charge on any atom is 0.277 e. The SMILES string of the molecule is CC(C)(C)c1nc2cc(NC(=O)c3ccon3)ccc2o1. The van der Waals surface area contributed by atoms with Gasteiger partial charge in [-0.2, -0.15) is 0 Å². The highest BCUT2D eigenvalue weighted by Crippen LogP contribution is 2.27. The molecule has 21 heavy (non-hydrogen) atoms. The van der Waals surface area contributed by atoms with Crippen molar-refractivity contribution in [1.29, 1.82) is 0 Å². The number of nitrogens with one attached hydrogen (secondary N) is 1. The van der Waals surface area contributed by atoms with Gasteiger partial charge in [-0.05, 0) is 18.2 Å². The molecule has 0 aliphatic rings. The molecule has 1 N–H and O–H groups in total. The summed E-state index contributed by atoms with van der Waals surface area (Å²) in [7, 11) is 0. The second-order valence-electron chi connectivity index (χ2n) is 5.79. The Kier molecular flexibility index (Phi) is 3.01. The number of fused-ring (bicyclic) bond motifs is 1. The molecule has 0 spiro atoms. The Hall–Kier alpha value is -2.63. The molecular weight excluding hydrogens is 270 g/mol. The molecule has 6 heteroatoms. The topological polar surface area (TPSA) is 81.2 Å². The van der Waals surface area contributed by atoms with Crippen LogP contribution in [0.5, 0.6) is 0 Å². The molecule has 3 aromatic rings. The van der Waals surface area contributed by atoms with Gasteiger partial charge in [-0.3, -0.25) is 4.79 Å². The predicted molar refractivity (Wildman–Crippen MR) is 77.2 cm³/mol. The zero-order valence-electron chi connectivity index (χ0n) is 12.0. The maximum absolute atomic E-state index is 11.9. The van der Waals surface area contributed by atoms with Crippen molar-refractivity contribution in [3.8, 4) is 0 Å². The molecule has 0 aliphatic carbocycles. The van der Waals surface area contributed by atoms with Crippen molar-refractivity contribution in [3.05, 3.63) is 42.1 Å². The number of aromatic nitrogens is 2. The lowest BCUT2D eigenvalue weighted by Crippen LogP contribution is -2.12. The number of benzene rings is 1. The molecule has 1 aromatic carbocycles. The summed E-state index contributed by atoms with van der Waals surface area (Å²) in [5, 5.41) is 6.33. The summed E-state index contributed by atoms with van der Waals surface area (Å²) in [6.07, 6.45) is 1.35. The van der Waals surface area contributed by atoms with Crippen molar-refractivity contribution in [2.24, 2.45) is 0 Å². The standard InChI is InChI=1S/C15H15N3O3/c1-15(2,3)14-17-11-8-9(4-5-12(11)21-14)16-13(19)10-6-7-20-18-10/h4-8H,1-3H3,(H,16,19). The van der Waals surface area contributed by atoms with E-state index in [1.165, 1.54) is 12.3 Å². The van der Waals surface area contributed by atoms with Gasteiger partial charge < -0.3 is 14.3 Å². The quantitative estimate of drug-likeness (QED) is 0.780. The van der Waals surface area contributed by atoms with Crippen molar-refractivity contribution < 1.29 is 13.7 Å². The van der Waals surface area contributed by atoms with Crippen LogP contribution in [-0.2, 0) is 5.41 Å². The van der Waals surface area contributed by atoms with E-state index < -0.39 is 0 Å². The van der Waals surface area contributed by atoms with Gasteiger partial charge in [0.1, 0.15) is 11.8 Å². The Balaban J connectivity index is 1.89. The molecule has 2 aromatic heterocycles. The molecule has 0 bridgehead atoms. The molecule has 1 amide bonds. The van der Waals surface area contributed by atoms with Gasteiger partial charge in [-0.1, -0.05) is 25.9 Å². The number of oxazole rings is 1. The lowest BCUT2D eigenvalue weighted by molar-refractivity contribution is 0.101. The van der Waals surface area contributed by atoms with E-state index in [0.717, 1.165) is 0 Å². The number of carbonyl (C=O) groups is 1. The highest BCUT2D eigenvalue weighted by atomic mass is 16.5. The smallest absolute Gasteiger partial charge is 0.277 e. The number of anilines is 1. The second kappa shape index (κ2) is 4.73. The van der Waals surface area contributed by atoms with Gasteiger partial charge in [0.2, 0.25) is 5.89 Å². The van der Waals surface area contributed by atoms with E-state index in [2.05, 4.69) is 20.0 Å². The first-order chi connectivity index (χ1) is 9.93. The highest BCUT2D eigenvalue weighted by Gasteiger charge is 2.21. The van der Waals surface area contributed by atoms with E-state index in [0.29, 0.717) is 22.7 Å². The van der Waals surface area contributed by atoms with Crippen LogP contribution in [0.25, 0.3) is 11.1 Å². The van der Waals surface area contributed by atoms with E-state index in [-0.39, 0.29) is 17.0 Å². The van der Waals surface area contributed by atoms with Crippen LogP contribution in [0.3, 0.4) is 0 Å². The summed E-state index contributed by atoms with van der Waals surface area (Å²) >= 11 is 0. The maximum atomic E-state index is 11.9. The zero-order valence-corrected chi connectivity index (χ0v) is 12.0. The van der Waals surface area contributed by atoms with Crippen molar-refractivity contribution >= 4 is 22.7 Å². The van der Waals surface area contributed by atoms with Gasteiger partial charge in [-0.15, -0.1) is 0 Å². The van der Waals surface area contributed by atoms with Crippen molar-refractivity contribution in [2.75, 3.05) is 5.32 Å². The van der Waals surface area contributed by atoms with Crippen LogP contribution in [0.2, 0.25) is 0 Å². The Morgan fingerprint density at radius 3 is 2.71 bits per heavy atom. The summed E-state index contributed by atoms with van der Waals surface area (Å²) in [6, 6.07) is 6.82. The average Bonchev–Trinajstić information content (AvgIpc) is 3.06. The fourth-order valence-corrected chi connectivity index (χ4v) is 1.85. The Bertz CT molecular complexity index is 782. The zero-order chi connectivity index (χ0) is 15.0. The lowest BCUT2D eigenvalue weighted by atomic mass is 9.97.